The number of carbonyl (C=O) groups is 1. The predicted octanol–water partition coefficient (Wildman–Crippen LogP) is 2.34. The molecule has 1 aromatic carbocycles. The summed E-state index contributed by atoms with van der Waals surface area (Å²) in [5.74, 6) is -0.129. The summed E-state index contributed by atoms with van der Waals surface area (Å²) in [6, 6.07) is 10.7. The van der Waals surface area contributed by atoms with Crippen LogP contribution >= 0.6 is 0 Å². The quantitative estimate of drug-likeness (QED) is 0.683. The van der Waals surface area contributed by atoms with Crippen LogP contribution < -0.4 is 10.5 Å². The first kappa shape index (κ1) is 13.9. The fourth-order valence-corrected chi connectivity index (χ4v) is 1.82. The Morgan fingerprint density at radius 3 is 2.70 bits per heavy atom. The molecule has 0 bridgehead atoms. The van der Waals surface area contributed by atoms with Crippen molar-refractivity contribution in [1.82, 2.24) is 4.98 Å². The van der Waals surface area contributed by atoms with E-state index in [1.807, 2.05) is 25.1 Å². The smallest absolute Gasteiger partial charge is 0.343 e. The second-order valence-electron chi connectivity index (χ2n) is 4.27. The van der Waals surface area contributed by atoms with Crippen molar-refractivity contribution in [2.45, 2.75) is 13.5 Å². The molecule has 0 radical (unpaired) electrons. The van der Waals surface area contributed by atoms with Gasteiger partial charge >= 0.3 is 5.97 Å². The van der Waals surface area contributed by atoms with Gasteiger partial charge in [-0.05, 0) is 31.2 Å². The highest BCUT2D eigenvalue weighted by Gasteiger charge is 2.16. The lowest BCUT2D eigenvalue weighted by Crippen LogP contribution is -2.09. The van der Waals surface area contributed by atoms with Crippen LogP contribution in [0.2, 0.25) is 0 Å². The first-order chi connectivity index (χ1) is 9.61. The summed E-state index contributed by atoms with van der Waals surface area (Å²) in [5, 5.41) is 0. The number of nitrogens with two attached hydrogens (primary N) is 1. The van der Waals surface area contributed by atoms with Gasteiger partial charge in [-0.25, -0.2) is 4.79 Å². The number of esters is 1. The summed E-state index contributed by atoms with van der Waals surface area (Å²) >= 11 is 0. The molecule has 0 spiro atoms. The van der Waals surface area contributed by atoms with E-state index < -0.39 is 5.97 Å². The normalized spacial score (nSPS) is 10.1. The number of anilines is 1. The highest BCUT2D eigenvalue weighted by molar-refractivity contribution is 5.98. The first-order valence-corrected chi connectivity index (χ1v) is 6.14. The molecule has 2 aromatic rings. The number of carbonyl (C=O) groups excluding carboxylic acids is 1. The number of nitrogen functional groups attached to an aromatic ring is 1. The second-order valence-corrected chi connectivity index (χ2v) is 4.27. The monoisotopic (exact) mass is 272 g/mol. The molecule has 104 valence electrons. The number of hydrogen-bond acceptors (Lipinski definition) is 5. The molecule has 0 fully saturated rings. The average Bonchev–Trinajstić information content (AvgIpc) is 2.44. The Kier molecular flexibility index (Phi) is 4.20. The number of hydrogen-bond donors (Lipinski definition) is 1. The third-order valence-electron chi connectivity index (χ3n) is 2.77. The van der Waals surface area contributed by atoms with Gasteiger partial charge in [-0.15, -0.1) is 0 Å². The Bertz CT molecular complexity index is 626. The van der Waals surface area contributed by atoms with E-state index in [9.17, 15) is 4.79 Å². The molecule has 0 amide bonds. The highest BCUT2D eigenvalue weighted by atomic mass is 16.5. The van der Waals surface area contributed by atoms with Gasteiger partial charge in [0.1, 0.15) is 17.9 Å². The van der Waals surface area contributed by atoms with E-state index in [2.05, 4.69) is 4.98 Å². The van der Waals surface area contributed by atoms with Crippen LogP contribution in [0.5, 0.6) is 5.75 Å². The molecule has 2 rings (SSSR count). The van der Waals surface area contributed by atoms with Gasteiger partial charge in [0.25, 0.3) is 0 Å². The number of pyridine rings is 1. The molecule has 0 aliphatic heterocycles. The van der Waals surface area contributed by atoms with E-state index in [4.69, 9.17) is 15.2 Å². The van der Waals surface area contributed by atoms with Crippen molar-refractivity contribution in [2.24, 2.45) is 0 Å². The second kappa shape index (κ2) is 6.06. The Morgan fingerprint density at radius 1 is 1.25 bits per heavy atom. The zero-order valence-corrected chi connectivity index (χ0v) is 11.4. The summed E-state index contributed by atoms with van der Waals surface area (Å²) in [5.41, 5.74) is 8.05. The lowest BCUT2D eigenvalue weighted by atomic mass is 10.1. The summed E-state index contributed by atoms with van der Waals surface area (Å²) in [6.07, 6.45) is 0. The Hall–Kier alpha value is -2.56. The molecule has 0 atom stereocenters. The van der Waals surface area contributed by atoms with Crippen LogP contribution in [0.25, 0.3) is 0 Å². The fraction of sp³-hybridized carbons (Fsp3) is 0.200. The summed E-state index contributed by atoms with van der Waals surface area (Å²) in [4.78, 5) is 16.1. The minimum Gasteiger partial charge on any atom is -0.486 e. The van der Waals surface area contributed by atoms with Crippen LogP contribution in [0.4, 0.5) is 5.69 Å². The zero-order chi connectivity index (χ0) is 14.5. The Balaban J connectivity index is 2.21. The predicted molar refractivity (Wildman–Crippen MR) is 75.5 cm³/mol. The number of ether oxygens (including phenoxy) is 2. The molecule has 5 heteroatoms. The molecule has 1 aromatic heterocycles. The number of aryl methyl sites for hydroxylation is 1. The molecule has 0 aliphatic carbocycles. The highest BCUT2D eigenvalue weighted by Crippen LogP contribution is 2.25. The van der Waals surface area contributed by atoms with E-state index in [0.29, 0.717) is 11.4 Å². The largest absolute Gasteiger partial charge is 0.486 e. The van der Waals surface area contributed by atoms with Gasteiger partial charge < -0.3 is 15.2 Å². The number of methoxy groups -OCH3 is 1. The average molecular weight is 272 g/mol. The van der Waals surface area contributed by atoms with E-state index >= 15 is 0 Å². The third-order valence-corrected chi connectivity index (χ3v) is 2.77. The lowest BCUT2D eigenvalue weighted by Gasteiger charge is -2.12. The van der Waals surface area contributed by atoms with Crippen molar-refractivity contribution in [2.75, 3.05) is 12.8 Å². The van der Waals surface area contributed by atoms with Gasteiger partial charge in [-0.3, -0.25) is 4.98 Å². The molecule has 0 saturated heterocycles. The van der Waals surface area contributed by atoms with Crippen LogP contribution in [-0.4, -0.2) is 18.1 Å². The molecule has 2 N–H and O–H groups in total. The third kappa shape index (κ3) is 3.06. The summed E-state index contributed by atoms with van der Waals surface area (Å²) in [7, 11) is 1.31. The first-order valence-electron chi connectivity index (χ1n) is 6.14. The van der Waals surface area contributed by atoms with Crippen molar-refractivity contribution in [3.05, 3.63) is 53.3 Å². The van der Waals surface area contributed by atoms with Crippen molar-refractivity contribution in [3.63, 3.8) is 0 Å². The van der Waals surface area contributed by atoms with Gasteiger partial charge in [0.05, 0.1) is 12.8 Å². The maximum Gasteiger partial charge on any atom is 0.343 e. The van der Waals surface area contributed by atoms with Crippen LogP contribution in [0.1, 0.15) is 21.7 Å². The Morgan fingerprint density at radius 2 is 2.00 bits per heavy atom. The molecule has 20 heavy (non-hydrogen) atoms. The van der Waals surface area contributed by atoms with E-state index in [-0.39, 0.29) is 12.2 Å². The SMILES string of the molecule is COC(=O)c1c(N)cccc1OCc1cccc(C)n1. The Labute approximate surface area is 117 Å². The lowest BCUT2D eigenvalue weighted by molar-refractivity contribution is 0.0597. The van der Waals surface area contributed by atoms with E-state index in [1.54, 1.807) is 18.2 Å². The topological polar surface area (TPSA) is 74.4 Å². The van der Waals surface area contributed by atoms with E-state index in [0.717, 1.165) is 11.4 Å². The molecular weight excluding hydrogens is 256 g/mol. The molecule has 1 heterocycles. The molecule has 0 saturated carbocycles. The van der Waals surface area contributed by atoms with Gasteiger partial charge in [-0.1, -0.05) is 12.1 Å². The maximum atomic E-state index is 11.7. The number of benzene rings is 1. The van der Waals surface area contributed by atoms with Crippen LogP contribution in [-0.2, 0) is 11.3 Å². The van der Waals surface area contributed by atoms with Crippen molar-refractivity contribution in [1.29, 1.82) is 0 Å². The molecule has 0 unspecified atom stereocenters. The van der Waals surface area contributed by atoms with Crippen molar-refractivity contribution >= 4 is 11.7 Å². The molecule has 0 aliphatic rings. The number of rotatable bonds is 4. The molecule has 5 nitrogen and oxygen atoms in total. The minimum absolute atomic E-state index is 0.239. The number of nitrogens with zero attached hydrogens (tertiary/aromatic N) is 1. The van der Waals surface area contributed by atoms with Gasteiger partial charge in [-0.2, -0.15) is 0 Å². The van der Waals surface area contributed by atoms with Crippen LogP contribution in [0, 0.1) is 6.92 Å². The van der Waals surface area contributed by atoms with Crippen molar-refractivity contribution < 1.29 is 14.3 Å². The van der Waals surface area contributed by atoms with Crippen LogP contribution in [0.3, 0.4) is 0 Å². The van der Waals surface area contributed by atoms with Gasteiger partial charge in [0.2, 0.25) is 0 Å². The number of aromatic nitrogens is 1. The van der Waals surface area contributed by atoms with Crippen LogP contribution in [0.15, 0.2) is 36.4 Å². The summed E-state index contributed by atoms with van der Waals surface area (Å²) in [6.45, 7) is 2.17. The molecular formula is C15H16N2O3. The standard InChI is InChI=1S/C15H16N2O3/c1-10-5-3-6-11(17-10)9-20-13-8-4-7-12(16)14(13)15(18)19-2/h3-8H,9,16H2,1-2H3. The fourth-order valence-electron chi connectivity index (χ4n) is 1.82. The van der Waals surface area contributed by atoms with Crippen molar-refractivity contribution in [3.8, 4) is 5.75 Å². The van der Waals surface area contributed by atoms with Gasteiger partial charge in [0, 0.05) is 11.4 Å². The van der Waals surface area contributed by atoms with Gasteiger partial charge in [0.15, 0.2) is 0 Å². The minimum atomic E-state index is -0.518. The maximum absolute atomic E-state index is 11.7. The summed E-state index contributed by atoms with van der Waals surface area (Å²) < 4.78 is 10.4. The van der Waals surface area contributed by atoms with E-state index in [1.165, 1.54) is 7.11 Å². The zero-order valence-electron chi connectivity index (χ0n) is 11.4.